The average Bonchev–Trinajstić information content (AvgIpc) is 3.14. The largest absolute Gasteiger partial charge is 1.00 e. The number of nitrogens with one attached hydrogen (secondary N) is 2. The van der Waals surface area contributed by atoms with Crippen molar-refractivity contribution in [3.8, 4) is 5.69 Å². The molecule has 2 atom stereocenters. The minimum atomic E-state index is -0.959. The van der Waals surface area contributed by atoms with Crippen LogP contribution in [-0.4, -0.2) is 51.9 Å². The van der Waals surface area contributed by atoms with Gasteiger partial charge in [-0.2, -0.15) is 5.21 Å². The summed E-state index contributed by atoms with van der Waals surface area (Å²) in [5, 5.41) is 25.6. The van der Waals surface area contributed by atoms with Crippen molar-refractivity contribution in [2.75, 3.05) is 25.0 Å². The van der Waals surface area contributed by atoms with Crippen LogP contribution >= 0.6 is 12.2 Å². The van der Waals surface area contributed by atoms with Crippen LogP contribution in [0.1, 0.15) is 24.0 Å². The van der Waals surface area contributed by atoms with Gasteiger partial charge < -0.3 is 15.2 Å². The third-order valence-corrected chi connectivity index (χ3v) is 6.46. The zero-order chi connectivity index (χ0) is 22.0. The Balaban J connectivity index is 0.00000289. The van der Waals surface area contributed by atoms with E-state index in [0.717, 1.165) is 54.2 Å². The van der Waals surface area contributed by atoms with Gasteiger partial charge in [-0.3, -0.25) is 4.48 Å². The summed E-state index contributed by atoms with van der Waals surface area (Å²) in [5.41, 5.74) is 5.20. The molecule has 32 heavy (non-hydrogen) atoms. The Morgan fingerprint density at radius 2 is 2.00 bits per heavy atom. The molecule has 1 aliphatic heterocycles. The Morgan fingerprint density at radius 1 is 1.28 bits per heavy atom. The third-order valence-electron chi connectivity index (χ3n) is 6.19. The van der Waals surface area contributed by atoms with Crippen LogP contribution in [0.25, 0.3) is 5.69 Å². The maximum absolute atomic E-state index is 11.9. The molecule has 2 N–H and O–H groups in total. The van der Waals surface area contributed by atoms with E-state index in [1.165, 1.54) is 0 Å². The van der Waals surface area contributed by atoms with Crippen LogP contribution < -0.4 is 66.3 Å². The number of hydrogen-bond acceptors (Lipinski definition) is 6. The molecule has 0 aliphatic carbocycles. The molecular weight excluding hydrogens is 451 g/mol. The topological polar surface area (TPSA) is 98.7 Å². The van der Waals surface area contributed by atoms with E-state index in [2.05, 4.69) is 46.8 Å². The fourth-order valence-corrected chi connectivity index (χ4v) is 4.95. The molecule has 8 nitrogen and oxygen atoms in total. The molecule has 2 aromatic carbocycles. The van der Waals surface area contributed by atoms with Gasteiger partial charge in [0.15, 0.2) is 0 Å². The first-order valence-corrected chi connectivity index (χ1v) is 10.8. The molecule has 0 amide bonds. The average molecular weight is 478 g/mol. The van der Waals surface area contributed by atoms with Gasteiger partial charge in [-0.05, 0) is 44.3 Å². The number of quaternary nitrogens is 1. The predicted molar refractivity (Wildman–Crippen MR) is 121 cm³/mol. The number of carboxylic acids is 1. The van der Waals surface area contributed by atoms with Crippen molar-refractivity contribution in [2.24, 2.45) is 0 Å². The first-order valence-electron chi connectivity index (χ1n) is 10.4. The number of aromatic nitrogens is 4. The molecule has 2 heterocycles. The van der Waals surface area contributed by atoms with E-state index in [0.29, 0.717) is 15.7 Å². The monoisotopic (exact) mass is 477 g/mol. The zero-order valence-electron chi connectivity index (χ0n) is 18.7. The standard InChI is InChI=1S/C22H26N6O2S.K/c1-15-6-3-7-16(2)20(15)28(13-10-19(28)21(29)30)12-5-11-23-17-8-4-9-18(14-17)27-22(31)24-25-26-27;/h3-4,6-9,14,19,23H,5,10-13H2,1-2H3,(H-,24,26,29,30,31);/q;+1. The maximum atomic E-state index is 11.9. The number of carbonyl (C=O) groups is 1. The van der Waals surface area contributed by atoms with Gasteiger partial charge in [0, 0.05) is 29.8 Å². The number of hydrogen-bond donors (Lipinski definition) is 2. The summed E-state index contributed by atoms with van der Waals surface area (Å²) in [6.45, 7) is 6.41. The fraction of sp³-hybridized carbons (Fsp3) is 0.364. The molecule has 10 heteroatoms. The molecule has 0 saturated carbocycles. The van der Waals surface area contributed by atoms with Crippen molar-refractivity contribution in [1.82, 2.24) is 24.7 Å². The Morgan fingerprint density at radius 3 is 2.59 bits per heavy atom. The number of aliphatic carboxylic acids is 1. The van der Waals surface area contributed by atoms with E-state index >= 15 is 0 Å². The van der Waals surface area contributed by atoms with E-state index in [1.807, 2.05) is 30.3 Å². The van der Waals surface area contributed by atoms with Gasteiger partial charge in [-0.15, -0.1) is 0 Å². The molecule has 0 spiro atoms. The molecule has 2 unspecified atom stereocenters. The molecular formula is C22H26KN6O2S+. The van der Waals surface area contributed by atoms with E-state index in [4.69, 9.17) is 12.2 Å². The molecule has 1 saturated heterocycles. The van der Waals surface area contributed by atoms with Crippen molar-refractivity contribution >= 4 is 29.6 Å². The molecule has 1 aliphatic rings. The van der Waals surface area contributed by atoms with Crippen LogP contribution in [-0.2, 0) is 4.79 Å². The number of para-hydroxylation sites is 1. The summed E-state index contributed by atoms with van der Waals surface area (Å²) in [6.07, 6.45) is 1.48. The second kappa shape index (κ2) is 10.7. The van der Waals surface area contributed by atoms with E-state index in [1.54, 1.807) is 4.68 Å². The SMILES string of the molecule is Cc1cccc(C)c1[N+]1(CCCNc2cccc(-n3[nH]nnc3=S)c2)CCC1C(=O)[O-].[K+]. The maximum Gasteiger partial charge on any atom is 1.00 e. The Kier molecular flexibility index (Phi) is 8.42. The second-order valence-electron chi connectivity index (χ2n) is 8.09. The summed E-state index contributed by atoms with van der Waals surface area (Å²) in [4.78, 5) is 11.9. The third kappa shape index (κ3) is 4.91. The molecule has 0 bridgehead atoms. The number of carboxylic acid groups (broad SMARTS) is 1. The number of anilines is 1. The summed E-state index contributed by atoms with van der Waals surface area (Å²) in [7, 11) is 0. The summed E-state index contributed by atoms with van der Waals surface area (Å²) in [6, 6.07) is 13.5. The van der Waals surface area contributed by atoms with Crippen LogP contribution in [0.15, 0.2) is 42.5 Å². The van der Waals surface area contributed by atoms with E-state index < -0.39 is 12.0 Å². The number of H-pyrrole nitrogens is 1. The van der Waals surface area contributed by atoms with Gasteiger partial charge in [0.1, 0.15) is 11.7 Å². The number of likely N-dealkylation sites (tertiary alicyclic amines) is 1. The van der Waals surface area contributed by atoms with E-state index in [9.17, 15) is 9.90 Å². The quantitative estimate of drug-likeness (QED) is 0.192. The first-order chi connectivity index (χ1) is 14.9. The number of aromatic amines is 1. The number of rotatable bonds is 8. The second-order valence-corrected chi connectivity index (χ2v) is 8.46. The normalized spacial score (nSPS) is 19.6. The molecule has 3 aromatic rings. The number of nitrogens with zero attached hydrogens (tertiary/aromatic N) is 4. The van der Waals surface area contributed by atoms with Gasteiger partial charge in [-0.25, -0.2) is 4.68 Å². The van der Waals surface area contributed by atoms with Crippen LogP contribution in [0, 0.1) is 18.6 Å². The molecule has 0 radical (unpaired) electrons. The minimum absolute atomic E-state index is 0. The number of benzene rings is 2. The van der Waals surface area contributed by atoms with Crippen molar-refractivity contribution < 1.29 is 61.3 Å². The molecule has 1 aromatic heterocycles. The van der Waals surface area contributed by atoms with E-state index in [-0.39, 0.29) is 51.4 Å². The zero-order valence-corrected chi connectivity index (χ0v) is 22.6. The number of tetrazole rings is 1. The molecule has 162 valence electrons. The van der Waals surface area contributed by atoms with Crippen molar-refractivity contribution in [2.45, 2.75) is 32.7 Å². The smallest absolute Gasteiger partial charge is 0.544 e. The van der Waals surface area contributed by atoms with Gasteiger partial charge >= 0.3 is 51.4 Å². The molecule has 1 fully saturated rings. The summed E-state index contributed by atoms with van der Waals surface area (Å²) in [5.74, 6) is -0.959. The van der Waals surface area contributed by atoms with Crippen molar-refractivity contribution in [1.29, 1.82) is 0 Å². The van der Waals surface area contributed by atoms with Crippen LogP contribution in [0.2, 0.25) is 0 Å². The predicted octanol–water partition coefficient (Wildman–Crippen LogP) is -0.723. The Bertz CT molecular complexity index is 1140. The van der Waals surface area contributed by atoms with Gasteiger partial charge in [0.05, 0.1) is 31.2 Å². The fourth-order valence-electron chi connectivity index (χ4n) is 4.76. The van der Waals surface area contributed by atoms with Gasteiger partial charge in [0.25, 0.3) is 0 Å². The number of aryl methyl sites for hydroxylation is 2. The van der Waals surface area contributed by atoms with Gasteiger partial charge in [-0.1, -0.05) is 34.6 Å². The number of carbonyl (C=O) groups excluding carboxylic acids is 1. The van der Waals surface area contributed by atoms with Crippen molar-refractivity contribution in [3.63, 3.8) is 0 Å². The summed E-state index contributed by atoms with van der Waals surface area (Å²) >= 11 is 5.16. The van der Waals surface area contributed by atoms with Gasteiger partial charge in [0.2, 0.25) is 4.77 Å². The van der Waals surface area contributed by atoms with Crippen LogP contribution in [0.4, 0.5) is 11.4 Å². The molecule has 4 rings (SSSR count). The van der Waals surface area contributed by atoms with Crippen molar-refractivity contribution in [3.05, 3.63) is 58.4 Å². The van der Waals surface area contributed by atoms with Crippen LogP contribution in [0.3, 0.4) is 0 Å². The first kappa shape index (κ1) is 25.2. The minimum Gasteiger partial charge on any atom is -0.544 e. The Hall–Kier alpha value is -1.40. The Labute approximate surface area is 235 Å². The van der Waals surface area contributed by atoms with Crippen LogP contribution in [0.5, 0.6) is 0 Å². The summed E-state index contributed by atoms with van der Waals surface area (Å²) < 4.78 is 2.47.